The van der Waals surface area contributed by atoms with E-state index in [-0.39, 0.29) is 38.8 Å². The summed E-state index contributed by atoms with van der Waals surface area (Å²) in [5, 5.41) is 36.2. The molecule has 0 aromatic carbocycles. The van der Waals surface area contributed by atoms with Gasteiger partial charge in [-0.15, -0.1) is 0 Å². The van der Waals surface area contributed by atoms with Crippen molar-refractivity contribution in [1.82, 2.24) is 10.6 Å². The average Bonchev–Trinajstić information content (AvgIpc) is 3.06. The van der Waals surface area contributed by atoms with Crippen molar-refractivity contribution >= 4 is 18.0 Å². The van der Waals surface area contributed by atoms with E-state index in [1.807, 2.05) is 20.8 Å². The number of aliphatic hydroxyl groups is 3. The van der Waals surface area contributed by atoms with Crippen molar-refractivity contribution in [3.05, 3.63) is 12.2 Å². The van der Waals surface area contributed by atoms with Gasteiger partial charge < -0.3 is 40.2 Å². The number of methoxy groups -OCH3 is 1. The van der Waals surface area contributed by atoms with Crippen LogP contribution in [-0.4, -0.2) is 90.1 Å². The van der Waals surface area contributed by atoms with Gasteiger partial charge in [0.25, 0.3) is 5.91 Å². The van der Waals surface area contributed by atoms with Crippen LogP contribution < -0.4 is 10.6 Å². The number of unbranched alkanes of at least 4 members (excludes halogenated alkanes) is 7. The number of hydrogen-bond acceptors (Lipinski definition) is 9. The van der Waals surface area contributed by atoms with Crippen LogP contribution >= 0.6 is 0 Å². The summed E-state index contributed by atoms with van der Waals surface area (Å²) in [6.45, 7) is 8.24. The lowest BCUT2D eigenvalue weighted by Crippen LogP contribution is -2.55. The molecular weight excluding hydrogens is 532 g/mol. The maximum absolute atomic E-state index is 12.8. The highest BCUT2D eigenvalue weighted by Crippen LogP contribution is 2.18. The van der Waals surface area contributed by atoms with E-state index in [1.54, 1.807) is 6.08 Å². The fourth-order valence-electron chi connectivity index (χ4n) is 4.26. The predicted molar refractivity (Wildman–Crippen MR) is 157 cm³/mol. The predicted octanol–water partition coefficient (Wildman–Crippen LogP) is 3.38. The molecule has 0 bridgehead atoms. The highest BCUT2D eigenvalue weighted by atomic mass is 16.7. The first kappa shape index (κ1) is 38.8. The van der Waals surface area contributed by atoms with Crippen LogP contribution in [0.25, 0.3) is 0 Å². The zero-order valence-electron chi connectivity index (χ0n) is 24.9. The van der Waals surface area contributed by atoms with Crippen molar-refractivity contribution in [2.45, 2.75) is 136 Å². The van der Waals surface area contributed by atoms with Gasteiger partial charge in [0.1, 0.15) is 30.5 Å². The second kappa shape index (κ2) is 20.6. The van der Waals surface area contributed by atoms with E-state index < -0.39 is 54.5 Å². The van der Waals surface area contributed by atoms with Crippen LogP contribution in [0.15, 0.2) is 12.2 Å². The molecule has 6 atom stereocenters. The number of allylic oxidation sites excluding steroid dienone is 1. The van der Waals surface area contributed by atoms with Gasteiger partial charge in [0.05, 0.1) is 13.2 Å². The molecule has 240 valence electrons. The van der Waals surface area contributed by atoms with Crippen LogP contribution in [0, 0.1) is 5.41 Å². The van der Waals surface area contributed by atoms with E-state index in [9.17, 15) is 29.7 Å². The zero-order valence-corrected chi connectivity index (χ0v) is 24.9. The molecule has 0 saturated carbocycles. The third-order valence-corrected chi connectivity index (χ3v) is 6.71. The monoisotopic (exact) mass is 588 g/mol. The summed E-state index contributed by atoms with van der Waals surface area (Å²) in [6.07, 6.45) is 4.67. The van der Waals surface area contributed by atoms with E-state index >= 15 is 0 Å². The fourth-order valence-corrected chi connectivity index (χ4v) is 4.26. The summed E-state index contributed by atoms with van der Waals surface area (Å²) in [5.41, 5.74) is -0.262. The normalized spacial score (nSPS) is 20.6. The lowest BCUT2D eigenvalue weighted by Gasteiger charge is -2.28. The third kappa shape index (κ3) is 16.1. The number of amides is 2. The third-order valence-electron chi connectivity index (χ3n) is 6.71. The molecule has 1 rings (SSSR count). The van der Waals surface area contributed by atoms with Gasteiger partial charge in [0.15, 0.2) is 6.10 Å². The molecule has 0 radical (unpaired) electrons. The number of rotatable bonds is 17. The highest BCUT2D eigenvalue weighted by molar-refractivity contribution is 5.89. The molecule has 1 fully saturated rings. The SMILES string of the molecule is C.CCCCCCCCCCOC(=O)O[C@@H]1CC[C@H](NC(=O)[C@H](OC)[C@H](O)[C@@H](O)[C@H](O)/C=C/C(C)(C)C)C(=O)NC1. The molecule has 1 aliphatic rings. The van der Waals surface area contributed by atoms with E-state index in [0.717, 1.165) is 19.3 Å². The second-order valence-corrected chi connectivity index (χ2v) is 11.6. The average molecular weight is 589 g/mol. The summed E-state index contributed by atoms with van der Waals surface area (Å²) in [5.74, 6) is -1.31. The van der Waals surface area contributed by atoms with Crippen LogP contribution in [0.1, 0.15) is 99.3 Å². The Morgan fingerprint density at radius 2 is 1.63 bits per heavy atom. The van der Waals surface area contributed by atoms with Gasteiger partial charge in [-0.05, 0) is 24.7 Å². The van der Waals surface area contributed by atoms with Gasteiger partial charge in [0, 0.05) is 7.11 Å². The molecule has 2 amide bonds. The van der Waals surface area contributed by atoms with Crippen molar-refractivity contribution in [2.24, 2.45) is 5.41 Å². The van der Waals surface area contributed by atoms with Crippen molar-refractivity contribution in [1.29, 1.82) is 0 Å². The first-order chi connectivity index (χ1) is 18.9. The van der Waals surface area contributed by atoms with E-state index in [1.165, 1.54) is 45.3 Å². The topological polar surface area (TPSA) is 164 Å². The quantitative estimate of drug-likeness (QED) is 0.0973. The van der Waals surface area contributed by atoms with Gasteiger partial charge in [-0.1, -0.05) is 92.2 Å². The Labute approximate surface area is 246 Å². The van der Waals surface area contributed by atoms with E-state index in [2.05, 4.69) is 17.6 Å². The molecule has 11 heteroatoms. The van der Waals surface area contributed by atoms with E-state index in [0.29, 0.717) is 0 Å². The van der Waals surface area contributed by atoms with Crippen LogP contribution in [0.4, 0.5) is 4.79 Å². The number of carbonyl (C=O) groups is 3. The Morgan fingerprint density at radius 3 is 2.22 bits per heavy atom. The summed E-state index contributed by atoms with van der Waals surface area (Å²) in [7, 11) is 1.17. The Bertz CT molecular complexity index is 784. The van der Waals surface area contributed by atoms with Crippen molar-refractivity contribution < 1.29 is 43.9 Å². The van der Waals surface area contributed by atoms with Gasteiger partial charge >= 0.3 is 6.16 Å². The van der Waals surface area contributed by atoms with Gasteiger partial charge in [-0.3, -0.25) is 9.59 Å². The molecule has 1 heterocycles. The fraction of sp³-hybridized carbons (Fsp3) is 0.833. The first-order valence-electron chi connectivity index (χ1n) is 14.6. The Morgan fingerprint density at radius 1 is 1.02 bits per heavy atom. The van der Waals surface area contributed by atoms with E-state index in [4.69, 9.17) is 14.2 Å². The maximum atomic E-state index is 12.8. The molecule has 11 nitrogen and oxygen atoms in total. The summed E-state index contributed by atoms with van der Waals surface area (Å²) in [4.78, 5) is 37.4. The molecule has 1 aliphatic heterocycles. The van der Waals surface area contributed by atoms with Crippen LogP contribution in [0.5, 0.6) is 0 Å². The lowest BCUT2D eigenvalue weighted by atomic mass is 9.94. The minimum absolute atomic E-state index is 0. The number of ether oxygens (including phenoxy) is 3. The summed E-state index contributed by atoms with van der Waals surface area (Å²) < 4.78 is 15.6. The molecular formula is C30H56N2O9. The minimum Gasteiger partial charge on any atom is -0.434 e. The Kier molecular flexibility index (Phi) is 19.5. The lowest BCUT2D eigenvalue weighted by molar-refractivity contribution is -0.150. The zero-order chi connectivity index (χ0) is 30.1. The molecule has 0 unspecified atom stereocenters. The first-order valence-corrected chi connectivity index (χ1v) is 14.6. The molecule has 0 aromatic heterocycles. The summed E-state index contributed by atoms with van der Waals surface area (Å²) in [6, 6.07) is -0.970. The molecule has 5 N–H and O–H groups in total. The van der Waals surface area contributed by atoms with Crippen molar-refractivity contribution in [3.63, 3.8) is 0 Å². The molecule has 1 saturated heterocycles. The van der Waals surface area contributed by atoms with Gasteiger partial charge in [-0.25, -0.2) is 4.79 Å². The highest BCUT2D eigenvalue weighted by Gasteiger charge is 2.37. The van der Waals surface area contributed by atoms with Crippen molar-refractivity contribution in [3.8, 4) is 0 Å². The van der Waals surface area contributed by atoms with Crippen LogP contribution in [0.2, 0.25) is 0 Å². The Balaban J connectivity index is 0.0000160. The largest absolute Gasteiger partial charge is 0.508 e. The molecule has 0 aromatic rings. The molecule has 41 heavy (non-hydrogen) atoms. The van der Waals surface area contributed by atoms with Crippen LogP contribution in [-0.2, 0) is 23.8 Å². The van der Waals surface area contributed by atoms with Gasteiger partial charge in [0.2, 0.25) is 5.91 Å². The number of hydrogen-bond donors (Lipinski definition) is 5. The standard InChI is InChI=1S/C29H52N2O9.CH4/c1-6-7-8-9-10-11-12-13-18-39-28(37)40-20-14-15-21(26(35)30-19-20)31-27(36)25(38-5)24(34)23(33)22(32)16-17-29(2,3)4;/h16-17,20-25,32-34H,6-15,18-19H2,1-5H3,(H,30,35)(H,31,36);1H4/b17-16+;/t20-,21+,22-,23+,24-,25-;/m1./s1. The summed E-state index contributed by atoms with van der Waals surface area (Å²) >= 11 is 0. The van der Waals surface area contributed by atoms with Gasteiger partial charge in [-0.2, -0.15) is 0 Å². The Hall–Kier alpha value is -2.21. The maximum Gasteiger partial charge on any atom is 0.508 e. The smallest absolute Gasteiger partial charge is 0.434 e. The number of carbonyl (C=O) groups excluding carboxylic acids is 3. The number of aliphatic hydroxyl groups excluding tert-OH is 3. The van der Waals surface area contributed by atoms with Crippen LogP contribution in [0.3, 0.4) is 0 Å². The van der Waals surface area contributed by atoms with Crippen molar-refractivity contribution in [2.75, 3.05) is 20.3 Å². The second-order valence-electron chi connectivity index (χ2n) is 11.6. The molecule has 0 aliphatic carbocycles. The number of nitrogens with one attached hydrogen (secondary N) is 2. The molecule has 0 spiro atoms. The minimum atomic E-state index is -1.76.